The van der Waals surface area contributed by atoms with Crippen molar-refractivity contribution < 1.29 is 85.6 Å². The number of imidazole rings is 1. The second kappa shape index (κ2) is 20.5. The second-order valence-electron chi connectivity index (χ2n) is 12.9. The predicted molar refractivity (Wildman–Crippen MR) is 193 cm³/mol. The van der Waals surface area contributed by atoms with Gasteiger partial charge in [-0.2, -0.15) is 4.31 Å². The number of hydrogen-bond acceptors (Lipinski definition) is 19. The van der Waals surface area contributed by atoms with E-state index in [-0.39, 0.29) is 53.8 Å². The first-order valence-corrected chi connectivity index (χ1v) is 22.2. The quantitative estimate of drug-likeness (QED) is 0.0483. The maximum atomic E-state index is 12.7. The third-order valence-corrected chi connectivity index (χ3v) is 11.8. The lowest BCUT2D eigenvalue weighted by molar-refractivity contribution is -0.137. The van der Waals surface area contributed by atoms with Crippen molar-refractivity contribution in [3.63, 3.8) is 0 Å². The molecular formula is C27H46N7O18P3S. The lowest BCUT2D eigenvalue weighted by Gasteiger charge is -2.30. The van der Waals surface area contributed by atoms with E-state index in [9.17, 15) is 63.0 Å². The molecule has 1 fully saturated rings. The van der Waals surface area contributed by atoms with E-state index in [1.807, 2.05) is 6.92 Å². The Morgan fingerprint density at radius 2 is 1.73 bits per heavy atom. The van der Waals surface area contributed by atoms with Crippen LogP contribution in [0.15, 0.2) is 12.7 Å². The first-order valence-electron chi connectivity index (χ1n) is 16.7. The molecule has 1 aliphatic heterocycles. The van der Waals surface area contributed by atoms with E-state index in [0.717, 1.165) is 35.4 Å². The third-order valence-electron chi connectivity index (χ3n) is 7.79. The number of fused-ring (bicyclic) bond motifs is 1. The van der Waals surface area contributed by atoms with Gasteiger partial charge in [0.1, 0.15) is 36.3 Å². The number of aromatic nitrogens is 4. The fourth-order valence-corrected chi connectivity index (χ4v) is 8.55. The molecule has 0 aliphatic carbocycles. The minimum atomic E-state index is -5.58. The smallest absolute Gasteiger partial charge is 0.393 e. The molecule has 1 saturated heterocycles. The molecule has 29 heteroatoms. The highest BCUT2D eigenvalue weighted by molar-refractivity contribution is 8.13. The van der Waals surface area contributed by atoms with Crippen LogP contribution in [0.5, 0.6) is 0 Å². The number of nitrogen functional groups attached to an aromatic ring is 1. The Hall–Kier alpha value is -2.48. The molecule has 56 heavy (non-hydrogen) atoms. The number of thioether (sulfide) groups is 1. The Morgan fingerprint density at radius 3 is 2.39 bits per heavy atom. The van der Waals surface area contributed by atoms with E-state index < -0.39 is 90.7 Å². The summed E-state index contributed by atoms with van der Waals surface area (Å²) < 4.78 is 62.0. The van der Waals surface area contributed by atoms with Crippen LogP contribution in [0.3, 0.4) is 0 Å². The topological polar surface area (TPSA) is 384 Å². The Morgan fingerprint density at radius 1 is 1.05 bits per heavy atom. The summed E-state index contributed by atoms with van der Waals surface area (Å²) in [5.41, 5.74) is 4.24. The standard InChI is InChI=1S/C27H46N7O18P3S/c1-4-5-15(35)10-18(37)56-9-8-29-17(36)6-7-30-25(40)22(39)27(2,3)12-49-55(46,47)52-54(44,45)48-11-16-21(51-53(41,42)43)20(38)26(50-16)34-14-33-19-23(28)31-13-32-24(19)34/h13-16,20-22,26,35,38-39H,4-12H2,1-3H3,(H,29,36)(H,30,40)(H,44,45)(H,46,47)(H2,28,31,32)(H2,41,42,43)/t15-,16+,20?,21-,22-,26+/m0/s1. The van der Waals surface area contributed by atoms with E-state index in [0.29, 0.717) is 6.42 Å². The normalized spacial score (nSPS) is 22.2. The van der Waals surface area contributed by atoms with Crippen LogP contribution in [0.1, 0.15) is 52.7 Å². The van der Waals surface area contributed by atoms with Crippen LogP contribution in [0.25, 0.3) is 11.2 Å². The average molecular weight is 882 g/mol. The summed E-state index contributed by atoms with van der Waals surface area (Å²) >= 11 is 0.964. The number of hydrogen-bond donors (Lipinski definition) is 10. The number of carbonyl (C=O) groups is 3. The molecule has 2 aromatic rings. The van der Waals surface area contributed by atoms with Crippen LogP contribution in [0, 0.1) is 5.41 Å². The van der Waals surface area contributed by atoms with E-state index in [1.54, 1.807) is 0 Å². The maximum absolute atomic E-state index is 12.7. The van der Waals surface area contributed by atoms with Gasteiger partial charge in [-0.05, 0) is 6.42 Å². The summed E-state index contributed by atoms with van der Waals surface area (Å²) in [7, 11) is -16.4. The zero-order valence-corrected chi connectivity index (χ0v) is 33.7. The minimum Gasteiger partial charge on any atom is -0.393 e. The summed E-state index contributed by atoms with van der Waals surface area (Å²) in [6.07, 6.45) is -6.45. The second-order valence-corrected chi connectivity index (χ2v) is 18.3. The molecule has 3 unspecified atom stereocenters. The van der Waals surface area contributed by atoms with Crippen LogP contribution in [0.2, 0.25) is 0 Å². The van der Waals surface area contributed by atoms with E-state index in [1.165, 1.54) is 13.8 Å². The molecule has 0 saturated carbocycles. The summed E-state index contributed by atoms with van der Waals surface area (Å²) in [6, 6.07) is 0. The maximum Gasteiger partial charge on any atom is 0.481 e. The van der Waals surface area contributed by atoms with Crippen LogP contribution in [0.4, 0.5) is 5.82 Å². The van der Waals surface area contributed by atoms with Crippen LogP contribution >= 0.6 is 35.2 Å². The van der Waals surface area contributed by atoms with Crippen molar-refractivity contribution in [1.29, 1.82) is 0 Å². The highest BCUT2D eigenvalue weighted by Gasteiger charge is 2.50. The molecule has 25 nitrogen and oxygen atoms in total. The lowest BCUT2D eigenvalue weighted by atomic mass is 9.87. The van der Waals surface area contributed by atoms with Crippen LogP contribution in [-0.4, -0.2) is 134 Å². The highest BCUT2D eigenvalue weighted by Crippen LogP contribution is 2.61. The van der Waals surface area contributed by atoms with Crippen molar-refractivity contribution in [1.82, 2.24) is 30.2 Å². The van der Waals surface area contributed by atoms with Gasteiger partial charge in [0.2, 0.25) is 11.8 Å². The number of nitrogens with one attached hydrogen (secondary N) is 2. The molecule has 318 valence electrons. The Labute approximate surface area is 323 Å². The van der Waals surface area contributed by atoms with Gasteiger partial charge in [-0.3, -0.25) is 32.5 Å². The number of nitrogens with two attached hydrogens (primary N) is 1. The number of phosphoric acid groups is 3. The number of carbonyl (C=O) groups excluding carboxylic acids is 3. The fourth-order valence-electron chi connectivity index (χ4n) is 4.98. The molecule has 3 heterocycles. The predicted octanol–water partition coefficient (Wildman–Crippen LogP) is -0.784. The van der Waals surface area contributed by atoms with Crippen molar-refractivity contribution in [2.24, 2.45) is 5.41 Å². The van der Waals surface area contributed by atoms with E-state index in [4.69, 9.17) is 19.5 Å². The van der Waals surface area contributed by atoms with Gasteiger partial charge in [-0.1, -0.05) is 39.0 Å². The zero-order valence-electron chi connectivity index (χ0n) is 30.2. The van der Waals surface area contributed by atoms with Gasteiger partial charge >= 0.3 is 23.5 Å². The summed E-state index contributed by atoms with van der Waals surface area (Å²) in [6.45, 7) is 2.26. The van der Waals surface area contributed by atoms with Gasteiger partial charge in [0, 0.05) is 37.1 Å². The molecule has 0 spiro atoms. The van der Waals surface area contributed by atoms with Crippen molar-refractivity contribution in [3.8, 4) is 0 Å². The number of ether oxygens (including phenoxy) is 1. The molecule has 0 bridgehead atoms. The Kier molecular flexibility index (Phi) is 17.5. The minimum absolute atomic E-state index is 0.00827. The van der Waals surface area contributed by atoms with E-state index >= 15 is 0 Å². The molecule has 2 aromatic heterocycles. The summed E-state index contributed by atoms with van der Waals surface area (Å²) in [5, 5.41) is 35.8. The largest absolute Gasteiger partial charge is 0.481 e. The number of amides is 2. The van der Waals surface area contributed by atoms with Gasteiger partial charge in [-0.15, -0.1) is 0 Å². The fraction of sp³-hybridized carbons (Fsp3) is 0.704. The van der Waals surface area contributed by atoms with Crippen molar-refractivity contribution in [2.75, 3.05) is 37.8 Å². The molecule has 3 rings (SSSR count). The number of phosphoric ester groups is 3. The van der Waals surface area contributed by atoms with Crippen molar-refractivity contribution in [2.45, 2.75) is 83.2 Å². The summed E-state index contributed by atoms with van der Waals surface area (Å²) in [5.74, 6) is -1.24. The number of aliphatic hydroxyl groups excluding tert-OH is 3. The number of aliphatic hydroxyl groups is 3. The molecule has 0 radical (unpaired) electrons. The molecule has 2 amide bonds. The van der Waals surface area contributed by atoms with Crippen molar-refractivity contribution >= 4 is 69.1 Å². The number of rotatable bonds is 23. The van der Waals surface area contributed by atoms with E-state index in [2.05, 4.69) is 34.4 Å². The van der Waals surface area contributed by atoms with Gasteiger partial charge in [-0.25, -0.2) is 28.6 Å². The zero-order chi connectivity index (χ0) is 42.1. The number of anilines is 1. The molecule has 11 N–H and O–H groups in total. The first kappa shape index (κ1) is 47.9. The average Bonchev–Trinajstić information content (AvgIpc) is 3.64. The molecule has 0 aromatic carbocycles. The monoisotopic (exact) mass is 881 g/mol. The van der Waals surface area contributed by atoms with Gasteiger partial charge < -0.3 is 56.0 Å². The van der Waals surface area contributed by atoms with Gasteiger partial charge in [0.15, 0.2) is 22.8 Å². The molecule has 1 aliphatic rings. The SMILES string of the molecule is CCC[C@H](O)CC(=O)SCCNC(=O)CCNC(=O)[C@H](O)C(C)(C)COP(=O)(O)OP(=O)(O)OC[C@H]1O[C@@H](n2cnc3c(N)ncnc32)C(O)[C@H]1OP(=O)(O)O. The Balaban J connectivity index is 1.48. The lowest BCUT2D eigenvalue weighted by Crippen LogP contribution is -2.46. The summed E-state index contributed by atoms with van der Waals surface area (Å²) in [4.78, 5) is 87.3. The Bertz CT molecular complexity index is 1820. The van der Waals surface area contributed by atoms with Crippen LogP contribution in [-0.2, 0) is 50.7 Å². The first-order chi connectivity index (χ1) is 25.9. The van der Waals surface area contributed by atoms with Crippen LogP contribution < -0.4 is 16.4 Å². The molecular weight excluding hydrogens is 835 g/mol. The molecule has 8 atom stereocenters. The third kappa shape index (κ3) is 14.7. The van der Waals surface area contributed by atoms with Gasteiger partial charge in [0.25, 0.3) is 0 Å². The highest BCUT2D eigenvalue weighted by atomic mass is 32.2. The number of nitrogens with zero attached hydrogens (tertiary/aromatic N) is 4. The van der Waals surface area contributed by atoms with Gasteiger partial charge in [0.05, 0.1) is 25.6 Å². The van der Waals surface area contributed by atoms with Crippen molar-refractivity contribution in [3.05, 3.63) is 12.7 Å².